The Labute approximate surface area is 113 Å². The number of fused-ring (bicyclic) bond motifs is 1. The van der Waals surface area contributed by atoms with Crippen molar-refractivity contribution in [1.29, 1.82) is 0 Å². The first-order valence-electron chi connectivity index (χ1n) is 3.35. The van der Waals surface area contributed by atoms with Gasteiger partial charge in [-0.15, -0.1) is 0 Å². The topological polar surface area (TPSA) is 9.23 Å². The normalized spacial score (nSPS) is 10.8. The summed E-state index contributed by atoms with van der Waals surface area (Å²) in [7, 11) is 0. The minimum absolute atomic E-state index is 0. The molecule has 0 aliphatic carbocycles. The largest absolute Gasteiger partial charge is 0.489 e. The van der Waals surface area contributed by atoms with Gasteiger partial charge in [0, 0.05) is 60.2 Å². The van der Waals surface area contributed by atoms with Gasteiger partial charge in [0.2, 0.25) is 0 Å². The minimum Gasteiger partial charge on any atom is -0.489 e. The molecule has 4 heteroatoms. The summed E-state index contributed by atoms with van der Waals surface area (Å²) >= 11 is 0. The molecular weight excluding hydrogens is 335 g/mol. The Kier molecular flexibility index (Phi) is 9.58. The van der Waals surface area contributed by atoms with E-state index in [0.717, 1.165) is 5.75 Å². The molecule has 13 heavy (non-hydrogen) atoms. The predicted octanol–water partition coefficient (Wildman–Crippen LogP) is 2.08. The molecule has 1 aromatic carbocycles. The molecule has 0 aromatic heterocycles. The first kappa shape index (κ1) is 15.9. The second kappa shape index (κ2) is 7.83. The zero-order valence-corrected chi connectivity index (χ0v) is 10.8. The number of para-hydroxylation sites is 1. The Bertz CT molecular complexity index is 278. The van der Waals surface area contributed by atoms with Gasteiger partial charge in [-0.2, -0.15) is 0 Å². The van der Waals surface area contributed by atoms with Crippen molar-refractivity contribution < 1.29 is 59.4 Å². The van der Waals surface area contributed by atoms with E-state index in [1.165, 1.54) is 5.56 Å². The van der Waals surface area contributed by atoms with E-state index in [1.807, 2.05) is 30.3 Å². The van der Waals surface area contributed by atoms with E-state index in [1.54, 1.807) is 0 Å². The first-order valence-corrected chi connectivity index (χ1v) is 3.35. The SMILES string of the molecule is C1=Cc2ccccc2OC1.[Fe].[Mo].[Ni]. The Morgan fingerprint density at radius 1 is 1.15 bits per heavy atom. The van der Waals surface area contributed by atoms with Gasteiger partial charge < -0.3 is 4.74 Å². The number of benzene rings is 1. The summed E-state index contributed by atoms with van der Waals surface area (Å²) in [6.07, 6.45) is 4.10. The number of rotatable bonds is 0. The molecule has 0 bridgehead atoms. The van der Waals surface area contributed by atoms with Gasteiger partial charge in [-0.3, -0.25) is 0 Å². The van der Waals surface area contributed by atoms with Crippen molar-refractivity contribution in [2.45, 2.75) is 0 Å². The molecule has 0 radical (unpaired) electrons. The molecule has 1 aromatic rings. The summed E-state index contributed by atoms with van der Waals surface area (Å²) < 4.78 is 5.34. The van der Waals surface area contributed by atoms with Crippen LogP contribution in [0.4, 0.5) is 0 Å². The van der Waals surface area contributed by atoms with E-state index >= 15 is 0 Å². The van der Waals surface area contributed by atoms with Crippen molar-refractivity contribution in [3.63, 3.8) is 0 Å². The molecule has 74 valence electrons. The standard InChI is InChI=1S/C9H8O.Fe.Mo.Ni/c1-2-6-9-8(4-1)5-3-7-10-9;;;/h1-6H,7H2;;;. The number of hydrogen-bond acceptors (Lipinski definition) is 1. The molecule has 0 amide bonds. The molecule has 1 heterocycles. The van der Waals surface area contributed by atoms with Crippen LogP contribution in [-0.2, 0) is 54.6 Å². The van der Waals surface area contributed by atoms with Crippen molar-refractivity contribution in [2.24, 2.45) is 0 Å². The van der Waals surface area contributed by atoms with Gasteiger partial charge in [0.15, 0.2) is 0 Å². The van der Waals surface area contributed by atoms with Gasteiger partial charge in [-0.05, 0) is 12.1 Å². The van der Waals surface area contributed by atoms with Crippen molar-refractivity contribution >= 4 is 6.08 Å². The van der Waals surface area contributed by atoms with Crippen LogP contribution in [0.3, 0.4) is 0 Å². The average molecular weight is 343 g/mol. The minimum atomic E-state index is 0. The molecule has 0 unspecified atom stereocenters. The van der Waals surface area contributed by atoms with Crippen molar-refractivity contribution in [3.05, 3.63) is 35.9 Å². The summed E-state index contributed by atoms with van der Waals surface area (Å²) in [4.78, 5) is 0. The second-order valence-electron chi connectivity index (χ2n) is 2.25. The van der Waals surface area contributed by atoms with E-state index in [4.69, 9.17) is 4.74 Å². The summed E-state index contributed by atoms with van der Waals surface area (Å²) in [6, 6.07) is 8.03. The molecule has 0 N–H and O–H groups in total. The molecule has 0 atom stereocenters. The molecule has 1 aliphatic rings. The first-order chi connectivity index (χ1) is 4.97. The smallest absolute Gasteiger partial charge is 0.126 e. The van der Waals surface area contributed by atoms with Gasteiger partial charge in [-0.25, -0.2) is 0 Å². The zero-order valence-electron chi connectivity index (χ0n) is 6.66. The second-order valence-corrected chi connectivity index (χ2v) is 2.25. The van der Waals surface area contributed by atoms with Crippen LogP contribution in [0.15, 0.2) is 30.3 Å². The maximum Gasteiger partial charge on any atom is 0.126 e. The fourth-order valence-electron chi connectivity index (χ4n) is 1.06. The number of ether oxygens (including phenoxy) is 1. The summed E-state index contributed by atoms with van der Waals surface area (Å²) in [5.74, 6) is 0.991. The molecule has 0 saturated heterocycles. The maximum absolute atomic E-state index is 5.34. The molecular formula is C9H8FeMoNiO. The van der Waals surface area contributed by atoms with Crippen LogP contribution in [-0.4, -0.2) is 6.61 Å². The maximum atomic E-state index is 5.34. The van der Waals surface area contributed by atoms with Gasteiger partial charge in [0.1, 0.15) is 12.4 Å². The third-order valence-corrected chi connectivity index (χ3v) is 1.55. The van der Waals surface area contributed by atoms with Crippen LogP contribution in [0.1, 0.15) is 5.56 Å². The zero-order chi connectivity index (χ0) is 6.81. The predicted molar refractivity (Wildman–Crippen MR) is 41.0 cm³/mol. The molecule has 1 nitrogen and oxygen atoms in total. The van der Waals surface area contributed by atoms with Gasteiger partial charge in [-0.1, -0.05) is 24.3 Å². The van der Waals surface area contributed by atoms with Gasteiger partial charge in [0.05, 0.1) is 0 Å². The molecule has 1 aliphatic heterocycles. The summed E-state index contributed by atoms with van der Waals surface area (Å²) in [5, 5.41) is 0. The summed E-state index contributed by atoms with van der Waals surface area (Å²) in [6.45, 7) is 0.705. The monoisotopic (exact) mass is 344 g/mol. The average Bonchev–Trinajstić information content (AvgIpc) is 2.05. The molecule has 0 fully saturated rings. The Morgan fingerprint density at radius 3 is 2.54 bits per heavy atom. The van der Waals surface area contributed by atoms with Crippen LogP contribution >= 0.6 is 0 Å². The van der Waals surface area contributed by atoms with Crippen molar-refractivity contribution in [2.75, 3.05) is 6.61 Å². The third kappa shape index (κ3) is 4.00. The quantitative estimate of drug-likeness (QED) is 0.656. The van der Waals surface area contributed by atoms with E-state index in [-0.39, 0.29) is 54.6 Å². The van der Waals surface area contributed by atoms with Gasteiger partial charge >= 0.3 is 0 Å². The molecule has 0 spiro atoms. The van der Waals surface area contributed by atoms with Crippen LogP contribution < -0.4 is 4.74 Å². The van der Waals surface area contributed by atoms with Crippen molar-refractivity contribution in [1.82, 2.24) is 0 Å². The molecule has 0 saturated carbocycles. The van der Waals surface area contributed by atoms with E-state index in [9.17, 15) is 0 Å². The Balaban J connectivity index is 0. The summed E-state index contributed by atoms with van der Waals surface area (Å²) in [5.41, 5.74) is 1.17. The van der Waals surface area contributed by atoms with Crippen molar-refractivity contribution in [3.8, 4) is 5.75 Å². The van der Waals surface area contributed by atoms with Gasteiger partial charge in [0.25, 0.3) is 0 Å². The van der Waals surface area contributed by atoms with Crippen LogP contribution in [0, 0.1) is 0 Å². The molecule has 2 rings (SSSR count). The Hall–Kier alpha value is 0.461. The van der Waals surface area contributed by atoms with E-state index in [2.05, 4.69) is 6.08 Å². The Morgan fingerprint density at radius 2 is 1.85 bits per heavy atom. The van der Waals surface area contributed by atoms with Crippen LogP contribution in [0.25, 0.3) is 6.08 Å². The van der Waals surface area contributed by atoms with Crippen LogP contribution in [0.2, 0.25) is 0 Å². The van der Waals surface area contributed by atoms with Crippen LogP contribution in [0.5, 0.6) is 5.75 Å². The fourth-order valence-corrected chi connectivity index (χ4v) is 1.06. The fraction of sp³-hybridized carbons (Fsp3) is 0.111. The van der Waals surface area contributed by atoms with E-state index < -0.39 is 0 Å². The number of hydrogen-bond donors (Lipinski definition) is 0. The van der Waals surface area contributed by atoms with E-state index in [0.29, 0.717) is 6.61 Å². The third-order valence-electron chi connectivity index (χ3n) is 1.55.